The maximum atomic E-state index is 12.2. The lowest BCUT2D eigenvalue weighted by atomic mass is 9.95. The van der Waals surface area contributed by atoms with Crippen molar-refractivity contribution in [2.24, 2.45) is 11.8 Å². The Morgan fingerprint density at radius 2 is 1.95 bits per heavy atom. The molecule has 1 amide bonds. The largest absolute Gasteiger partial charge is 0.481 e. The molecule has 1 aromatic rings. The number of carbonyl (C=O) groups is 2. The van der Waals surface area contributed by atoms with Crippen LogP contribution in [0.15, 0.2) is 22.7 Å². The number of hydrogen-bond acceptors (Lipinski definition) is 2. The first kappa shape index (κ1) is 14.1. The molecule has 0 aliphatic heterocycles. The summed E-state index contributed by atoms with van der Waals surface area (Å²) in [6.07, 6.45) is 2.04. The molecule has 0 radical (unpaired) electrons. The van der Waals surface area contributed by atoms with Crippen molar-refractivity contribution in [3.8, 4) is 0 Å². The first-order valence-corrected chi connectivity index (χ1v) is 7.07. The number of rotatable bonds is 3. The van der Waals surface area contributed by atoms with E-state index in [1.54, 1.807) is 0 Å². The number of hydrogen-bond donors (Lipinski definition) is 2. The van der Waals surface area contributed by atoms with Crippen molar-refractivity contribution in [3.63, 3.8) is 0 Å². The lowest BCUT2D eigenvalue weighted by Gasteiger charge is -2.16. The highest BCUT2D eigenvalue weighted by Gasteiger charge is 2.37. The molecule has 102 valence electrons. The highest BCUT2D eigenvalue weighted by Crippen LogP contribution is 2.33. The molecule has 0 bridgehead atoms. The van der Waals surface area contributed by atoms with Crippen molar-refractivity contribution < 1.29 is 14.7 Å². The van der Waals surface area contributed by atoms with Gasteiger partial charge in [0.1, 0.15) is 0 Å². The van der Waals surface area contributed by atoms with E-state index in [9.17, 15) is 9.59 Å². The summed E-state index contributed by atoms with van der Waals surface area (Å²) in [7, 11) is 0. The van der Waals surface area contributed by atoms with Gasteiger partial charge in [-0.1, -0.05) is 22.4 Å². The molecule has 0 spiro atoms. The van der Waals surface area contributed by atoms with E-state index in [4.69, 9.17) is 5.11 Å². The van der Waals surface area contributed by atoms with Gasteiger partial charge in [-0.2, -0.15) is 0 Å². The number of anilines is 1. The van der Waals surface area contributed by atoms with Gasteiger partial charge in [0.15, 0.2) is 0 Å². The summed E-state index contributed by atoms with van der Waals surface area (Å²) in [4.78, 5) is 23.3. The summed E-state index contributed by atoms with van der Waals surface area (Å²) >= 11 is 3.38. The summed E-state index contributed by atoms with van der Waals surface area (Å²) in [5, 5.41) is 11.9. The minimum atomic E-state index is -0.872. The zero-order valence-electron chi connectivity index (χ0n) is 10.6. The zero-order valence-corrected chi connectivity index (χ0v) is 12.2. The van der Waals surface area contributed by atoms with Gasteiger partial charge in [0.05, 0.1) is 11.8 Å². The SMILES string of the molecule is Cc1cc(Br)cc(NC(=O)[C@@H]2CCC[C@@H]2C(=O)O)c1. The van der Waals surface area contributed by atoms with Crippen LogP contribution < -0.4 is 5.32 Å². The van der Waals surface area contributed by atoms with E-state index >= 15 is 0 Å². The second-order valence-corrected chi connectivity index (χ2v) is 5.90. The van der Waals surface area contributed by atoms with Gasteiger partial charge in [-0.3, -0.25) is 9.59 Å². The molecule has 5 heteroatoms. The fraction of sp³-hybridized carbons (Fsp3) is 0.429. The summed E-state index contributed by atoms with van der Waals surface area (Å²) in [5.41, 5.74) is 1.73. The summed E-state index contributed by atoms with van der Waals surface area (Å²) < 4.78 is 0.893. The van der Waals surface area contributed by atoms with E-state index in [1.807, 2.05) is 25.1 Å². The Labute approximate surface area is 120 Å². The number of nitrogens with one attached hydrogen (secondary N) is 1. The molecule has 0 aromatic heterocycles. The van der Waals surface area contributed by atoms with E-state index in [2.05, 4.69) is 21.2 Å². The predicted molar refractivity (Wildman–Crippen MR) is 76.0 cm³/mol. The second-order valence-electron chi connectivity index (χ2n) is 4.99. The number of carbonyl (C=O) groups excluding carboxylic acids is 1. The van der Waals surface area contributed by atoms with Crippen molar-refractivity contribution >= 4 is 33.5 Å². The summed E-state index contributed by atoms with van der Waals surface area (Å²) in [6.45, 7) is 1.94. The molecule has 4 nitrogen and oxygen atoms in total. The lowest BCUT2D eigenvalue weighted by Crippen LogP contribution is -2.30. The Hall–Kier alpha value is -1.36. The average Bonchev–Trinajstić information content (AvgIpc) is 2.75. The molecule has 1 aliphatic carbocycles. The third-order valence-corrected chi connectivity index (χ3v) is 3.94. The Morgan fingerprint density at radius 1 is 1.26 bits per heavy atom. The van der Waals surface area contributed by atoms with Crippen LogP contribution in [-0.4, -0.2) is 17.0 Å². The standard InChI is InChI=1S/C14H16BrNO3/c1-8-5-9(15)7-10(6-8)16-13(17)11-3-2-4-12(11)14(18)19/h5-7,11-12H,2-4H2,1H3,(H,16,17)(H,18,19)/t11-,12+/m1/s1. The molecule has 0 saturated heterocycles. The van der Waals surface area contributed by atoms with Crippen molar-refractivity contribution in [1.29, 1.82) is 0 Å². The fourth-order valence-electron chi connectivity index (χ4n) is 2.61. The van der Waals surface area contributed by atoms with Crippen LogP contribution in [-0.2, 0) is 9.59 Å². The Kier molecular flexibility index (Phi) is 4.24. The smallest absolute Gasteiger partial charge is 0.307 e. The van der Waals surface area contributed by atoms with Crippen LogP contribution in [0.2, 0.25) is 0 Å². The van der Waals surface area contributed by atoms with E-state index in [-0.39, 0.29) is 5.91 Å². The highest BCUT2D eigenvalue weighted by molar-refractivity contribution is 9.10. The van der Waals surface area contributed by atoms with Crippen LogP contribution in [0.5, 0.6) is 0 Å². The minimum absolute atomic E-state index is 0.192. The Bertz CT molecular complexity index is 495. The fourth-order valence-corrected chi connectivity index (χ4v) is 3.22. The van der Waals surface area contributed by atoms with Gasteiger partial charge in [0, 0.05) is 10.2 Å². The zero-order chi connectivity index (χ0) is 14.0. The molecule has 0 heterocycles. The molecule has 1 saturated carbocycles. The molecular weight excluding hydrogens is 310 g/mol. The highest BCUT2D eigenvalue weighted by atomic mass is 79.9. The van der Waals surface area contributed by atoms with Gasteiger partial charge in [0.2, 0.25) is 5.91 Å². The molecule has 2 rings (SSSR count). The van der Waals surface area contributed by atoms with Crippen LogP contribution >= 0.6 is 15.9 Å². The Balaban J connectivity index is 2.10. The van der Waals surface area contributed by atoms with Crippen molar-refractivity contribution in [3.05, 3.63) is 28.2 Å². The molecule has 0 unspecified atom stereocenters. The molecule has 19 heavy (non-hydrogen) atoms. The Morgan fingerprint density at radius 3 is 2.58 bits per heavy atom. The monoisotopic (exact) mass is 325 g/mol. The van der Waals surface area contributed by atoms with Crippen LogP contribution in [0.3, 0.4) is 0 Å². The van der Waals surface area contributed by atoms with Crippen molar-refractivity contribution in [2.75, 3.05) is 5.32 Å². The van der Waals surface area contributed by atoms with E-state index in [0.29, 0.717) is 18.5 Å². The van der Waals surface area contributed by atoms with Crippen molar-refractivity contribution in [2.45, 2.75) is 26.2 Å². The quantitative estimate of drug-likeness (QED) is 0.896. The van der Waals surface area contributed by atoms with Crippen LogP contribution in [0, 0.1) is 18.8 Å². The number of amides is 1. The normalized spacial score (nSPS) is 22.2. The summed E-state index contributed by atoms with van der Waals surface area (Å²) in [6, 6.07) is 5.63. The van der Waals surface area contributed by atoms with Crippen LogP contribution in [0.25, 0.3) is 0 Å². The molecule has 2 atom stereocenters. The number of halogens is 1. The van der Waals surface area contributed by atoms with Crippen molar-refractivity contribution in [1.82, 2.24) is 0 Å². The molecule has 1 aliphatic rings. The predicted octanol–water partition coefficient (Wildman–Crippen LogP) is 3.20. The molecule has 1 aromatic carbocycles. The third-order valence-electron chi connectivity index (χ3n) is 3.48. The molecule has 1 fully saturated rings. The minimum Gasteiger partial charge on any atom is -0.481 e. The van der Waals surface area contributed by atoms with Gasteiger partial charge in [0.25, 0.3) is 0 Å². The number of carboxylic acid groups (broad SMARTS) is 1. The first-order valence-electron chi connectivity index (χ1n) is 6.28. The maximum Gasteiger partial charge on any atom is 0.307 e. The number of aliphatic carboxylic acids is 1. The maximum absolute atomic E-state index is 12.2. The topological polar surface area (TPSA) is 66.4 Å². The third kappa shape index (κ3) is 3.35. The van der Waals surface area contributed by atoms with E-state index in [0.717, 1.165) is 16.5 Å². The number of carboxylic acids is 1. The molecule has 2 N–H and O–H groups in total. The lowest BCUT2D eigenvalue weighted by molar-refractivity contribution is -0.145. The van der Waals surface area contributed by atoms with E-state index in [1.165, 1.54) is 0 Å². The van der Waals surface area contributed by atoms with Crippen LogP contribution in [0.1, 0.15) is 24.8 Å². The van der Waals surface area contributed by atoms with Gasteiger partial charge in [-0.05, 0) is 43.5 Å². The first-order chi connectivity index (χ1) is 8.97. The second kappa shape index (κ2) is 5.74. The van der Waals surface area contributed by atoms with Gasteiger partial charge >= 0.3 is 5.97 Å². The average molecular weight is 326 g/mol. The van der Waals surface area contributed by atoms with Crippen LogP contribution in [0.4, 0.5) is 5.69 Å². The number of benzene rings is 1. The van der Waals surface area contributed by atoms with Gasteiger partial charge < -0.3 is 10.4 Å². The van der Waals surface area contributed by atoms with E-state index < -0.39 is 17.8 Å². The molecular formula is C14H16BrNO3. The van der Waals surface area contributed by atoms with Gasteiger partial charge in [-0.15, -0.1) is 0 Å². The summed E-state index contributed by atoms with van der Waals surface area (Å²) in [5.74, 6) is -2.03. The van der Waals surface area contributed by atoms with Gasteiger partial charge in [-0.25, -0.2) is 0 Å². The number of aryl methyl sites for hydroxylation is 1.